The number of carbonyl (C=O) groups is 1. The van der Waals surface area contributed by atoms with Crippen LogP contribution in [-0.4, -0.2) is 31.8 Å². The number of aromatic nitrogens is 3. The summed E-state index contributed by atoms with van der Waals surface area (Å²) >= 11 is 5.90. The lowest BCUT2D eigenvalue weighted by molar-refractivity contribution is 0.0954. The third-order valence-electron chi connectivity index (χ3n) is 3.47. The Kier molecular flexibility index (Phi) is 5.13. The summed E-state index contributed by atoms with van der Waals surface area (Å²) in [5.41, 5.74) is 0.675. The van der Waals surface area contributed by atoms with Crippen LogP contribution in [0.15, 0.2) is 63.5 Å². The van der Waals surface area contributed by atoms with Crippen molar-refractivity contribution in [2.45, 2.75) is 0 Å². The quantitative estimate of drug-likeness (QED) is 0.456. The Morgan fingerprint density at radius 1 is 1.30 bits per heavy atom. The van der Waals surface area contributed by atoms with Gasteiger partial charge in [-0.25, -0.2) is 14.8 Å². The third-order valence-corrected chi connectivity index (χ3v) is 3.71. The molecule has 0 spiro atoms. The van der Waals surface area contributed by atoms with Crippen molar-refractivity contribution in [3.8, 4) is 11.6 Å². The molecule has 0 unspecified atom stereocenters. The summed E-state index contributed by atoms with van der Waals surface area (Å²) < 4.78 is 0.859. The second-order valence-electron chi connectivity index (χ2n) is 5.25. The van der Waals surface area contributed by atoms with Gasteiger partial charge in [-0.1, -0.05) is 17.7 Å². The van der Waals surface area contributed by atoms with E-state index < -0.39 is 23.0 Å². The molecule has 9 nitrogen and oxygen atoms in total. The maximum absolute atomic E-state index is 12.1. The molecule has 10 heteroatoms. The number of aromatic hydroxyl groups is 1. The summed E-state index contributed by atoms with van der Waals surface area (Å²) in [6.45, 7) is 0. The number of nitrogens with zero attached hydrogens (tertiary/aromatic N) is 3. The predicted octanol–water partition coefficient (Wildman–Crippen LogP) is 1.04. The first-order chi connectivity index (χ1) is 13.0. The second kappa shape index (κ2) is 7.67. The fraction of sp³-hybridized carbons (Fsp3) is 0. The van der Waals surface area contributed by atoms with Crippen molar-refractivity contribution in [1.82, 2.24) is 20.0 Å². The van der Waals surface area contributed by atoms with Crippen molar-refractivity contribution in [2.75, 3.05) is 0 Å². The molecule has 27 heavy (non-hydrogen) atoms. The molecule has 3 N–H and O–H groups in total. The Morgan fingerprint density at radius 2 is 2.11 bits per heavy atom. The van der Waals surface area contributed by atoms with Crippen LogP contribution in [0.5, 0.6) is 5.88 Å². The molecule has 136 valence electrons. The zero-order valence-corrected chi connectivity index (χ0v) is 14.3. The van der Waals surface area contributed by atoms with Gasteiger partial charge in [-0.2, -0.15) is 5.10 Å². The molecule has 0 bridgehead atoms. The van der Waals surface area contributed by atoms with Gasteiger partial charge in [0.15, 0.2) is 0 Å². The fourth-order valence-electron chi connectivity index (χ4n) is 2.23. The molecule has 0 aliphatic rings. The zero-order valence-electron chi connectivity index (χ0n) is 13.6. The lowest BCUT2D eigenvalue weighted by atomic mass is 10.3. The highest BCUT2D eigenvalue weighted by atomic mass is 35.5. The molecule has 2 heterocycles. The first-order valence-corrected chi connectivity index (χ1v) is 7.93. The maximum Gasteiger partial charge on any atom is 0.335 e. The first-order valence-electron chi connectivity index (χ1n) is 7.55. The molecule has 0 fully saturated rings. The van der Waals surface area contributed by atoms with Gasteiger partial charge < -0.3 is 5.11 Å². The van der Waals surface area contributed by atoms with Crippen LogP contribution >= 0.6 is 11.6 Å². The van der Waals surface area contributed by atoms with E-state index in [0.717, 1.165) is 10.8 Å². The molecule has 0 saturated carbocycles. The number of hydrogen-bond donors (Lipinski definition) is 3. The minimum absolute atomic E-state index is 0.246. The summed E-state index contributed by atoms with van der Waals surface area (Å²) in [5.74, 6) is -1.20. The molecular weight excluding hydrogens is 374 g/mol. The van der Waals surface area contributed by atoms with Gasteiger partial charge in [-0.3, -0.25) is 19.6 Å². The van der Waals surface area contributed by atoms with Gasteiger partial charge in [0.2, 0.25) is 5.88 Å². The highest BCUT2D eigenvalue weighted by Crippen LogP contribution is 2.18. The van der Waals surface area contributed by atoms with Crippen molar-refractivity contribution in [1.29, 1.82) is 0 Å². The molecule has 1 aromatic carbocycles. The van der Waals surface area contributed by atoms with E-state index in [2.05, 4.69) is 20.5 Å². The monoisotopic (exact) mass is 385 g/mol. The molecule has 2 aromatic heterocycles. The number of hydrazone groups is 1. The van der Waals surface area contributed by atoms with Gasteiger partial charge in [-0.15, -0.1) is 0 Å². The molecule has 0 aliphatic heterocycles. The van der Waals surface area contributed by atoms with E-state index in [-0.39, 0.29) is 16.8 Å². The summed E-state index contributed by atoms with van der Waals surface area (Å²) in [5, 5.41) is 14.3. The minimum Gasteiger partial charge on any atom is -0.493 e. The summed E-state index contributed by atoms with van der Waals surface area (Å²) in [7, 11) is 0. The number of aromatic amines is 1. The third kappa shape index (κ3) is 3.93. The smallest absolute Gasteiger partial charge is 0.335 e. The number of benzene rings is 1. The molecule has 3 rings (SSSR count). The van der Waals surface area contributed by atoms with Crippen molar-refractivity contribution < 1.29 is 9.90 Å². The lowest BCUT2D eigenvalue weighted by Crippen LogP contribution is -2.31. The van der Waals surface area contributed by atoms with E-state index in [1.165, 1.54) is 30.6 Å². The highest BCUT2D eigenvalue weighted by molar-refractivity contribution is 6.30. The number of pyridine rings is 1. The topological polar surface area (TPSA) is 129 Å². The number of rotatable bonds is 4. The lowest BCUT2D eigenvalue weighted by Gasteiger charge is -2.09. The second-order valence-corrected chi connectivity index (χ2v) is 5.69. The number of hydrogen-bond acceptors (Lipinski definition) is 6. The Labute approximate surface area is 156 Å². The van der Waals surface area contributed by atoms with Gasteiger partial charge in [0, 0.05) is 17.4 Å². The Bertz CT molecular complexity index is 1140. The van der Waals surface area contributed by atoms with Gasteiger partial charge in [0.25, 0.3) is 11.5 Å². The zero-order chi connectivity index (χ0) is 19.4. The number of H-pyrrole nitrogens is 1. The molecular formula is C17H12ClN5O4. The molecule has 0 aliphatic carbocycles. The highest BCUT2D eigenvalue weighted by Gasteiger charge is 2.14. The average molecular weight is 386 g/mol. The van der Waals surface area contributed by atoms with Crippen LogP contribution in [0.25, 0.3) is 5.69 Å². The van der Waals surface area contributed by atoms with Crippen molar-refractivity contribution in [2.24, 2.45) is 5.10 Å². The van der Waals surface area contributed by atoms with E-state index in [1.807, 2.05) is 0 Å². The summed E-state index contributed by atoms with van der Waals surface area (Å²) in [4.78, 5) is 41.8. The van der Waals surface area contributed by atoms with Crippen LogP contribution in [0.3, 0.4) is 0 Å². The summed E-state index contributed by atoms with van der Waals surface area (Å²) in [6.07, 6.45) is 3.79. The molecule has 0 radical (unpaired) electrons. The van der Waals surface area contributed by atoms with Crippen LogP contribution in [0.4, 0.5) is 0 Å². The number of carbonyl (C=O) groups excluding carboxylic acids is 1. The van der Waals surface area contributed by atoms with E-state index in [1.54, 1.807) is 18.2 Å². The van der Waals surface area contributed by atoms with Gasteiger partial charge >= 0.3 is 5.69 Å². The Hall–Kier alpha value is -3.72. The molecule has 0 atom stereocenters. The van der Waals surface area contributed by atoms with Gasteiger partial charge in [-0.05, 0) is 30.3 Å². The van der Waals surface area contributed by atoms with Crippen LogP contribution < -0.4 is 16.7 Å². The maximum atomic E-state index is 12.1. The fourth-order valence-corrected chi connectivity index (χ4v) is 2.41. The summed E-state index contributed by atoms with van der Waals surface area (Å²) in [6, 6.07) is 9.24. The average Bonchev–Trinajstić information content (AvgIpc) is 2.65. The molecule has 0 saturated heterocycles. The minimum atomic E-state index is -0.866. The Balaban J connectivity index is 1.94. The van der Waals surface area contributed by atoms with Crippen LogP contribution in [0, 0.1) is 0 Å². The van der Waals surface area contributed by atoms with Crippen LogP contribution in [-0.2, 0) is 0 Å². The molecule has 1 amide bonds. The first kappa shape index (κ1) is 18.1. The van der Waals surface area contributed by atoms with Gasteiger partial charge in [0.1, 0.15) is 5.56 Å². The molecule has 3 aromatic rings. The number of nitrogens with one attached hydrogen (secondary N) is 2. The van der Waals surface area contributed by atoms with E-state index in [0.29, 0.717) is 5.02 Å². The Morgan fingerprint density at radius 3 is 2.81 bits per heavy atom. The number of halogens is 1. The van der Waals surface area contributed by atoms with Crippen molar-refractivity contribution >= 4 is 23.7 Å². The largest absolute Gasteiger partial charge is 0.493 e. The normalized spacial score (nSPS) is 10.9. The van der Waals surface area contributed by atoms with Crippen LogP contribution in [0.1, 0.15) is 15.9 Å². The SMILES string of the molecule is O=C(N/N=C/c1c(O)n(-c2cccc(Cl)c2)c(=O)[nH]c1=O)c1cccnc1. The number of amides is 1. The van der Waals surface area contributed by atoms with Gasteiger partial charge in [0.05, 0.1) is 17.5 Å². The van der Waals surface area contributed by atoms with E-state index >= 15 is 0 Å². The standard InChI is InChI=1S/C17H12ClN5O4/c18-11-4-1-5-12(7-11)23-16(26)13(15(25)21-17(23)27)9-20-22-14(24)10-3-2-6-19-8-10/h1-9,26H,(H,22,24)(H,21,25,27)/b20-9+. The van der Waals surface area contributed by atoms with Crippen LogP contribution in [0.2, 0.25) is 5.02 Å². The van der Waals surface area contributed by atoms with Crippen molar-refractivity contribution in [3.63, 3.8) is 0 Å². The van der Waals surface area contributed by atoms with E-state index in [4.69, 9.17) is 11.6 Å². The van der Waals surface area contributed by atoms with E-state index in [9.17, 15) is 19.5 Å². The predicted molar refractivity (Wildman–Crippen MR) is 98.6 cm³/mol. The van der Waals surface area contributed by atoms with Crippen molar-refractivity contribution in [3.05, 3.63) is 85.8 Å².